The minimum Gasteiger partial charge on any atom is -0.455 e. The topological polar surface area (TPSA) is 155 Å². The highest BCUT2D eigenvalue weighted by Crippen LogP contribution is 2.68. The van der Waals surface area contributed by atoms with Crippen molar-refractivity contribution in [1.82, 2.24) is 0 Å². The molecular formula is C28H34O10. The number of esters is 2. The molecule has 10 nitrogen and oxygen atoms in total. The fourth-order valence-corrected chi connectivity index (χ4v) is 7.87. The van der Waals surface area contributed by atoms with Crippen molar-refractivity contribution >= 4 is 11.9 Å². The number of benzene rings is 1. The Labute approximate surface area is 220 Å². The van der Waals surface area contributed by atoms with Crippen molar-refractivity contribution in [2.24, 2.45) is 11.3 Å². The molecule has 206 valence electrons. The highest BCUT2D eigenvalue weighted by molar-refractivity contribution is 5.89. The van der Waals surface area contributed by atoms with Crippen molar-refractivity contribution in [1.29, 1.82) is 0 Å². The van der Waals surface area contributed by atoms with Crippen LogP contribution < -0.4 is 0 Å². The first-order valence-corrected chi connectivity index (χ1v) is 13.0. The Bertz CT molecular complexity index is 1210. The van der Waals surface area contributed by atoms with E-state index in [-0.39, 0.29) is 25.0 Å². The molecule has 4 N–H and O–H groups in total. The van der Waals surface area contributed by atoms with Gasteiger partial charge in [0, 0.05) is 25.2 Å². The number of fused-ring (bicyclic) bond motifs is 4. The van der Waals surface area contributed by atoms with Gasteiger partial charge in [-0.25, -0.2) is 4.79 Å². The molecule has 2 aliphatic heterocycles. The lowest BCUT2D eigenvalue weighted by molar-refractivity contribution is -0.336. The molecule has 2 bridgehead atoms. The lowest BCUT2D eigenvalue weighted by Crippen LogP contribution is -2.80. The SMILES string of the molecule is CC(=O)O[C@@]12COC1C[C@H](O)[C@@]13O[C@@H]1[C@H](O)C1=C(C)[C@@H](O)C[C@@](O)([C@@H](OC(=O)c4ccccc4)[C@@H]32)C1(C)C. The van der Waals surface area contributed by atoms with Gasteiger partial charge in [-0.05, 0) is 30.2 Å². The van der Waals surface area contributed by atoms with Crippen LogP contribution in [0.4, 0.5) is 0 Å². The van der Waals surface area contributed by atoms with Gasteiger partial charge in [-0.3, -0.25) is 4.79 Å². The average molecular weight is 531 g/mol. The Morgan fingerprint density at radius 3 is 2.39 bits per heavy atom. The monoisotopic (exact) mass is 530 g/mol. The summed E-state index contributed by atoms with van der Waals surface area (Å²) in [6.07, 6.45) is -6.85. The second-order valence-corrected chi connectivity index (χ2v) is 12.0. The van der Waals surface area contributed by atoms with Crippen LogP contribution in [0.1, 0.15) is 50.9 Å². The lowest BCUT2D eigenvalue weighted by atomic mass is 9.49. The maximum atomic E-state index is 13.5. The number of aliphatic hydroxyl groups is 4. The summed E-state index contributed by atoms with van der Waals surface area (Å²) in [7, 11) is 0. The van der Waals surface area contributed by atoms with Crippen LogP contribution in [0.3, 0.4) is 0 Å². The molecule has 10 heteroatoms. The van der Waals surface area contributed by atoms with E-state index in [1.165, 1.54) is 6.92 Å². The third-order valence-corrected chi connectivity index (χ3v) is 9.86. The lowest BCUT2D eigenvalue weighted by Gasteiger charge is -2.64. The van der Waals surface area contributed by atoms with Crippen molar-refractivity contribution < 1.29 is 49.0 Å². The van der Waals surface area contributed by atoms with E-state index in [2.05, 4.69) is 0 Å². The Kier molecular flexibility index (Phi) is 5.52. The van der Waals surface area contributed by atoms with E-state index >= 15 is 0 Å². The molecule has 0 amide bonds. The van der Waals surface area contributed by atoms with Crippen LogP contribution in [0.15, 0.2) is 41.5 Å². The normalized spacial score (nSPS) is 46.3. The van der Waals surface area contributed by atoms with Crippen molar-refractivity contribution in [2.75, 3.05) is 6.61 Å². The number of ether oxygens (including phenoxy) is 4. The van der Waals surface area contributed by atoms with Crippen LogP contribution in [0, 0.1) is 11.3 Å². The molecule has 1 aromatic rings. The van der Waals surface area contributed by atoms with Crippen molar-refractivity contribution in [3.05, 3.63) is 47.0 Å². The maximum Gasteiger partial charge on any atom is 0.338 e. The second kappa shape index (κ2) is 8.09. The summed E-state index contributed by atoms with van der Waals surface area (Å²) in [5.41, 5.74) is -4.95. The summed E-state index contributed by atoms with van der Waals surface area (Å²) in [4.78, 5) is 26.0. The van der Waals surface area contributed by atoms with Gasteiger partial charge in [0.1, 0.15) is 35.6 Å². The first-order valence-electron chi connectivity index (χ1n) is 13.0. The quantitative estimate of drug-likeness (QED) is 0.249. The van der Waals surface area contributed by atoms with Crippen LogP contribution in [0.5, 0.6) is 0 Å². The number of aliphatic hydroxyl groups excluding tert-OH is 3. The Morgan fingerprint density at radius 1 is 1.11 bits per heavy atom. The van der Waals surface area contributed by atoms with Crippen LogP contribution >= 0.6 is 0 Å². The molecule has 10 atom stereocenters. The summed E-state index contributed by atoms with van der Waals surface area (Å²) < 4.78 is 24.1. The van der Waals surface area contributed by atoms with Crippen molar-refractivity contribution in [3.8, 4) is 0 Å². The van der Waals surface area contributed by atoms with E-state index < -0.39 is 76.7 Å². The Balaban J connectivity index is 1.60. The smallest absolute Gasteiger partial charge is 0.338 e. The molecule has 4 fully saturated rings. The maximum absolute atomic E-state index is 13.5. The zero-order valence-electron chi connectivity index (χ0n) is 21.8. The molecule has 1 aromatic carbocycles. The molecule has 6 rings (SSSR count). The summed E-state index contributed by atoms with van der Waals surface area (Å²) in [6, 6.07) is 8.27. The first kappa shape index (κ1) is 25.9. The Hall–Kier alpha value is -2.34. The van der Waals surface area contributed by atoms with Gasteiger partial charge < -0.3 is 39.4 Å². The van der Waals surface area contributed by atoms with Gasteiger partial charge in [0.05, 0.1) is 30.3 Å². The fourth-order valence-electron chi connectivity index (χ4n) is 7.87. The number of epoxide rings is 1. The Morgan fingerprint density at radius 2 is 1.79 bits per heavy atom. The summed E-state index contributed by atoms with van der Waals surface area (Å²) in [6.45, 7) is 6.33. The van der Waals surface area contributed by atoms with Crippen LogP contribution in [-0.2, 0) is 23.7 Å². The second-order valence-electron chi connectivity index (χ2n) is 12.0. The van der Waals surface area contributed by atoms with E-state index in [0.29, 0.717) is 11.1 Å². The zero-order valence-corrected chi connectivity index (χ0v) is 21.8. The molecule has 1 unspecified atom stereocenters. The van der Waals surface area contributed by atoms with Gasteiger partial charge in [-0.2, -0.15) is 0 Å². The van der Waals surface area contributed by atoms with Crippen LogP contribution in [0.2, 0.25) is 0 Å². The summed E-state index contributed by atoms with van der Waals surface area (Å²) in [5, 5.41) is 46.8. The molecular weight excluding hydrogens is 496 g/mol. The van der Waals surface area contributed by atoms with Gasteiger partial charge in [0.25, 0.3) is 0 Å². The van der Waals surface area contributed by atoms with Gasteiger partial charge in [0.15, 0.2) is 5.60 Å². The molecule has 2 saturated heterocycles. The molecule has 38 heavy (non-hydrogen) atoms. The van der Waals surface area contributed by atoms with Gasteiger partial charge in [-0.1, -0.05) is 32.0 Å². The summed E-state index contributed by atoms with van der Waals surface area (Å²) >= 11 is 0. The van der Waals surface area contributed by atoms with Crippen LogP contribution in [-0.4, -0.2) is 92.4 Å². The third-order valence-electron chi connectivity index (χ3n) is 9.86. The standard InChI is InChI=1S/C28H34O10/c1-13-16(30)11-27(34)23(36-24(33)15-8-6-5-7-9-15)21-26(37-14(2)29)12-35-18(26)10-17(31)28(21)22(38-28)20(32)19(13)25(27,3)4/h5-9,16-18,20-23,30-32,34H,10-12H2,1-4H3/t16-,17-,18?,20+,21+,22+,23-,26-,27+,28-/m0/s1. The van der Waals surface area contributed by atoms with Crippen molar-refractivity contribution in [2.45, 2.75) is 94.0 Å². The van der Waals surface area contributed by atoms with E-state index in [1.807, 2.05) is 0 Å². The van der Waals surface area contributed by atoms with Gasteiger partial charge >= 0.3 is 11.9 Å². The zero-order chi connectivity index (χ0) is 27.4. The number of carbonyl (C=O) groups is 2. The first-order chi connectivity index (χ1) is 17.8. The summed E-state index contributed by atoms with van der Waals surface area (Å²) in [5.74, 6) is -2.44. The van der Waals surface area contributed by atoms with Gasteiger partial charge in [-0.15, -0.1) is 0 Å². The molecule has 3 aliphatic carbocycles. The minimum atomic E-state index is -1.95. The largest absolute Gasteiger partial charge is 0.455 e. The third kappa shape index (κ3) is 3.10. The molecule has 0 radical (unpaired) electrons. The molecule has 0 aromatic heterocycles. The molecule has 2 saturated carbocycles. The minimum absolute atomic E-state index is 0.0643. The van der Waals surface area contributed by atoms with E-state index in [9.17, 15) is 30.0 Å². The predicted molar refractivity (Wildman–Crippen MR) is 130 cm³/mol. The average Bonchev–Trinajstić information content (AvgIpc) is 3.59. The van der Waals surface area contributed by atoms with E-state index in [1.54, 1.807) is 51.1 Å². The van der Waals surface area contributed by atoms with E-state index in [4.69, 9.17) is 18.9 Å². The predicted octanol–water partition coefficient (Wildman–Crippen LogP) is 0.644. The number of hydrogen-bond acceptors (Lipinski definition) is 10. The molecule has 1 spiro atoms. The van der Waals surface area contributed by atoms with E-state index in [0.717, 1.165) is 0 Å². The van der Waals surface area contributed by atoms with Gasteiger partial charge in [0.2, 0.25) is 0 Å². The number of carbonyl (C=O) groups excluding carboxylic acids is 2. The van der Waals surface area contributed by atoms with Crippen molar-refractivity contribution in [3.63, 3.8) is 0 Å². The number of hydrogen-bond donors (Lipinski definition) is 4. The fraction of sp³-hybridized carbons (Fsp3) is 0.643. The highest BCUT2D eigenvalue weighted by Gasteiger charge is 2.85. The molecule has 2 heterocycles. The number of rotatable bonds is 3. The molecule has 5 aliphatic rings. The highest BCUT2D eigenvalue weighted by atomic mass is 16.7. The van der Waals surface area contributed by atoms with Crippen LogP contribution in [0.25, 0.3) is 0 Å².